The van der Waals surface area contributed by atoms with E-state index in [1.165, 1.54) is 0 Å². The Labute approximate surface area is 98.0 Å². The third-order valence-electron chi connectivity index (χ3n) is 3.01. The summed E-state index contributed by atoms with van der Waals surface area (Å²) in [6.07, 6.45) is 3.52. The first-order valence-electron chi connectivity index (χ1n) is 5.03. The molecule has 1 fully saturated rings. The molecule has 1 aromatic rings. The fraction of sp³-hybridized carbons (Fsp3) is 0.600. The highest BCUT2D eigenvalue weighted by Gasteiger charge is 2.42. The molecular weight excluding hydrogens is 256 g/mol. The minimum absolute atomic E-state index is 0.0730. The zero-order valence-electron chi connectivity index (χ0n) is 8.94. The Hall–Kier alpha value is -0.680. The summed E-state index contributed by atoms with van der Waals surface area (Å²) < 4.78 is 0.898. The number of hydrogen-bond donors (Lipinski definition) is 1. The smallest absolute Gasteiger partial charge is 0.225 e. The van der Waals surface area contributed by atoms with Gasteiger partial charge in [-0.2, -0.15) is 0 Å². The van der Waals surface area contributed by atoms with Crippen LogP contribution in [0.5, 0.6) is 0 Å². The van der Waals surface area contributed by atoms with Crippen LogP contribution in [0.25, 0.3) is 0 Å². The van der Waals surface area contributed by atoms with Gasteiger partial charge in [0.05, 0.1) is 10.0 Å². The van der Waals surface area contributed by atoms with Crippen molar-refractivity contribution < 1.29 is 0 Å². The van der Waals surface area contributed by atoms with Crippen molar-refractivity contribution in [3.05, 3.63) is 16.9 Å². The number of halogens is 1. The molecule has 15 heavy (non-hydrogen) atoms. The van der Waals surface area contributed by atoms with E-state index in [2.05, 4.69) is 44.6 Å². The lowest BCUT2D eigenvalue weighted by Gasteiger charge is -2.50. The summed E-state index contributed by atoms with van der Waals surface area (Å²) in [4.78, 5) is 10.6. The molecule has 0 atom stereocenters. The van der Waals surface area contributed by atoms with Gasteiger partial charge in [0.25, 0.3) is 0 Å². The quantitative estimate of drug-likeness (QED) is 0.883. The van der Waals surface area contributed by atoms with Crippen molar-refractivity contribution in [3.8, 4) is 0 Å². The Morgan fingerprint density at radius 2 is 1.93 bits per heavy atom. The Morgan fingerprint density at radius 3 is 2.40 bits per heavy atom. The highest BCUT2D eigenvalue weighted by atomic mass is 79.9. The molecule has 82 valence electrons. The third-order valence-corrected chi connectivity index (χ3v) is 3.42. The molecule has 0 unspecified atom stereocenters. The molecule has 2 N–H and O–H groups in total. The van der Waals surface area contributed by atoms with Crippen LogP contribution in [0.1, 0.15) is 13.8 Å². The maximum atomic E-state index is 6.20. The van der Waals surface area contributed by atoms with Crippen molar-refractivity contribution in [1.29, 1.82) is 0 Å². The molecule has 1 aliphatic rings. The predicted molar refractivity (Wildman–Crippen MR) is 63.7 cm³/mol. The van der Waals surface area contributed by atoms with Crippen LogP contribution < -0.4 is 10.6 Å². The summed E-state index contributed by atoms with van der Waals surface area (Å²) in [6.45, 7) is 5.98. The van der Waals surface area contributed by atoms with Crippen LogP contribution in [-0.4, -0.2) is 28.6 Å². The maximum Gasteiger partial charge on any atom is 0.225 e. The van der Waals surface area contributed by atoms with E-state index in [4.69, 9.17) is 5.73 Å². The molecule has 2 rings (SSSR count). The topological polar surface area (TPSA) is 55.0 Å². The maximum absolute atomic E-state index is 6.20. The van der Waals surface area contributed by atoms with E-state index in [0.717, 1.165) is 23.5 Å². The molecule has 0 aliphatic carbocycles. The Kier molecular flexibility index (Phi) is 2.68. The SMILES string of the molecule is CC(C)C1(N)CN(c2ncc(Br)cn2)C1. The molecule has 1 aliphatic heterocycles. The second kappa shape index (κ2) is 3.72. The van der Waals surface area contributed by atoms with Gasteiger partial charge in [-0.05, 0) is 21.8 Å². The lowest BCUT2D eigenvalue weighted by Crippen LogP contribution is -2.70. The van der Waals surface area contributed by atoms with Crippen LogP contribution in [0.15, 0.2) is 16.9 Å². The van der Waals surface area contributed by atoms with Gasteiger partial charge in [-0.25, -0.2) is 9.97 Å². The van der Waals surface area contributed by atoms with Crippen molar-refractivity contribution in [1.82, 2.24) is 9.97 Å². The number of anilines is 1. The van der Waals surface area contributed by atoms with Gasteiger partial charge in [0.1, 0.15) is 0 Å². The molecule has 1 aromatic heterocycles. The largest absolute Gasteiger partial charge is 0.337 e. The summed E-state index contributed by atoms with van der Waals surface area (Å²) >= 11 is 3.31. The highest BCUT2D eigenvalue weighted by molar-refractivity contribution is 9.10. The zero-order valence-corrected chi connectivity index (χ0v) is 10.5. The molecule has 2 heterocycles. The monoisotopic (exact) mass is 270 g/mol. The molecular formula is C10H15BrN4. The van der Waals surface area contributed by atoms with Crippen LogP contribution in [0.3, 0.4) is 0 Å². The van der Waals surface area contributed by atoms with Crippen molar-refractivity contribution in [2.24, 2.45) is 11.7 Å². The van der Waals surface area contributed by atoms with Crippen molar-refractivity contribution >= 4 is 21.9 Å². The summed E-state index contributed by atoms with van der Waals surface area (Å²) in [5.74, 6) is 1.25. The van der Waals surface area contributed by atoms with Gasteiger partial charge in [0.15, 0.2) is 0 Å². The van der Waals surface area contributed by atoms with Crippen LogP contribution in [0.4, 0.5) is 5.95 Å². The fourth-order valence-electron chi connectivity index (χ4n) is 1.64. The lowest BCUT2D eigenvalue weighted by molar-refractivity contribution is 0.242. The van der Waals surface area contributed by atoms with Crippen LogP contribution in [0, 0.1) is 5.92 Å². The summed E-state index contributed by atoms with van der Waals surface area (Å²) in [5.41, 5.74) is 6.12. The molecule has 0 amide bonds. The number of hydrogen-bond acceptors (Lipinski definition) is 4. The van der Waals surface area contributed by atoms with E-state index in [9.17, 15) is 0 Å². The average molecular weight is 271 g/mol. The average Bonchev–Trinajstić information content (AvgIpc) is 2.14. The Bertz CT molecular complexity index is 343. The van der Waals surface area contributed by atoms with Gasteiger partial charge in [0, 0.05) is 25.5 Å². The zero-order chi connectivity index (χ0) is 11.1. The summed E-state index contributed by atoms with van der Waals surface area (Å²) in [7, 11) is 0. The molecule has 0 spiro atoms. The minimum atomic E-state index is -0.0730. The fourth-order valence-corrected chi connectivity index (χ4v) is 1.84. The number of aromatic nitrogens is 2. The van der Waals surface area contributed by atoms with E-state index in [-0.39, 0.29) is 5.54 Å². The number of nitrogens with zero attached hydrogens (tertiary/aromatic N) is 3. The van der Waals surface area contributed by atoms with Crippen LogP contribution in [-0.2, 0) is 0 Å². The number of rotatable bonds is 2. The normalized spacial score (nSPS) is 19.1. The molecule has 1 saturated heterocycles. The first kappa shape index (κ1) is 10.8. The van der Waals surface area contributed by atoms with E-state index < -0.39 is 0 Å². The second-order valence-corrected chi connectivity index (χ2v) is 5.36. The predicted octanol–water partition coefficient (Wildman–Crippen LogP) is 1.41. The summed E-state index contributed by atoms with van der Waals surface area (Å²) in [5, 5.41) is 0. The van der Waals surface area contributed by atoms with Crippen molar-refractivity contribution in [2.45, 2.75) is 19.4 Å². The minimum Gasteiger partial charge on any atom is -0.337 e. The van der Waals surface area contributed by atoms with Crippen LogP contribution in [0.2, 0.25) is 0 Å². The van der Waals surface area contributed by atoms with E-state index in [1.54, 1.807) is 12.4 Å². The van der Waals surface area contributed by atoms with Gasteiger partial charge in [-0.1, -0.05) is 13.8 Å². The van der Waals surface area contributed by atoms with Gasteiger partial charge < -0.3 is 10.6 Å². The first-order valence-corrected chi connectivity index (χ1v) is 5.82. The molecule has 0 bridgehead atoms. The molecule has 5 heteroatoms. The van der Waals surface area contributed by atoms with Crippen molar-refractivity contribution in [2.75, 3.05) is 18.0 Å². The van der Waals surface area contributed by atoms with E-state index >= 15 is 0 Å². The lowest BCUT2D eigenvalue weighted by atomic mass is 9.80. The van der Waals surface area contributed by atoms with Gasteiger partial charge >= 0.3 is 0 Å². The second-order valence-electron chi connectivity index (χ2n) is 4.45. The molecule has 0 radical (unpaired) electrons. The molecule has 0 aromatic carbocycles. The molecule has 0 saturated carbocycles. The molecule has 4 nitrogen and oxygen atoms in total. The van der Waals surface area contributed by atoms with Crippen LogP contribution >= 0.6 is 15.9 Å². The standard InChI is InChI=1S/C10H15BrN4/c1-7(2)10(12)5-15(6-10)9-13-3-8(11)4-14-9/h3-4,7H,5-6,12H2,1-2H3. The van der Waals surface area contributed by atoms with E-state index in [0.29, 0.717) is 5.92 Å². The van der Waals surface area contributed by atoms with Gasteiger partial charge in [-0.3, -0.25) is 0 Å². The third kappa shape index (κ3) is 1.99. The van der Waals surface area contributed by atoms with Gasteiger partial charge in [0.2, 0.25) is 5.95 Å². The van der Waals surface area contributed by atoms with E-state index in [1.807, 2.05) is 0 Å². The first-order chi connectivity index (χ1) is 7.01. The Morgan fingerprint density at radius 1 is 1.40 bits per heavy atom. The highest BCUT2D eigenvalue weighted by Crippen LogP contribution is 2.28. The summed E-state index contributed by atoms with van der Waals surface area (Å²) in [6, 6.07) is 0. The Balaban J connectivity index is 2.03. The van der Waals surface area contributed by atoms with Crippen molar-refractivity contribution in [3.63, 3.8) is 0 Å². The van der Waals surface area contributed by atoms with Gasteiger partial charge in [-0.15, -0.1) is 0 Å². The number of nitrogens with two attached hydrogens (primary N) is 1.